The molecule has 1 fully saturated rings. The van der Waals surface area contributed by atoms with Crippen molar-refractivity contribution in [1.29, 1.82) is 0 Å². The Kier molecular flexibility index (Phi) is 3.27. The number of benzene rings is 1. The Morgan fingerprint density at radius 2 is 2.11 bits per heavy atom. The van der Waals surface area contributed by atoms with Crippen molar-refractivity contribution in [1.82, 2.24) is 5.32 Å². The molecule has 0 bridgehead atoms. The van der Waals surface area contributed by atoms with Crippen LogP contribution in [0.3, 0.4) is 0 Å². The fourth-order valence-corrected chi connectivity index (χ4v) is 4.87. The second kappa shape index (κ2) is 4.80. The minimum Gasteiger partial charge on any atom is -0.508 e. The Balaban J connectivity index is 1.77. The van der Waals surface area contributed by atoms with Crippen molar-refractivity contribution < 1.29 is 13.5 Å². The SMILES string of the molecule is O=S1(=O)CCC(NC2CCCc3cc(O)ccc32)C1. The molecule has 19 heavy (non-hydrogen) atoms. The van der Waals surface area contributed by atoms with E-state index in [2.05, 4.69) is 5.32 Å². The zero-order valence-corrected chi connectivity index (χ0v) is 11.6. The number of fused-ring (bicyclic) bond motifs is 1. The molecule has 2 N–H and O–H groups in total. The molecule has 1 heterocycles. The van der Waals surface area contributed by atoms with Gasteiger partial charge in [-0.25, -0.2) is 8.42 Å². The van der Waals surface area contributed by atoms with Crippen LogP contribution < -0.4 is 5.32 Å². The van der Waals surface area contributed by atoms with Crippen molar-refractivity contribution in [3.05, 3.63) is 29.3 Å². The molecule has 1 aromatic rings. The summed E-state index contributed by atoms with van der Waals surface area (Å²) in [6.07, 6.45) is 3.82. The molecule has 0 saturated carbocycles. The summed E-state index contributed by atoms with van der Waals surface area (Å²) < 4.78 is 23.0. The third-order valence-corrected chi connectivity index (χ3v) is 5.88. The maximum absolute atomic E-state index is 11.5. The van der Waals surface area contributed by atoms with E-state index in [4.69, 9.17) is 0 Å². The smallest absolute Gasteiger partial charge is 0.151 e. The molecule has 2 unspecified atom stereocenters. The highest BCUT2D eigenvalue weighted by atomic mass is 32.2. The van der Waals surface area contributed by atoms with Crippen LogP contribution in [0.1, 0.15) is 36.4 Å². The molecular formula is C14H19NO3S. The standard InChI is InChI=1S/C14H19NO3S/c16-12-4-5-13-10(8-12)2-1-3-14(13)15-11-6-7-19(17,18)9-11/h4-5,8,11,14-16H,1-3,6-7,9H2. The van der Waals surface area contributed by atoms with E-state index in [1.165, 1.54) is 11.1 Å². The van der Waals surface area contributed by atoms with Crippen molar-refractivity contribution in [2.75, 3.05) is 11.5 Å². The summed E-state index contributed by atoms with van der Waals surface area (Å²) in [7, 11) is -2.83. The maximum atomic E-state index is 11.5. The van der Waals surface area contributed by atoms with Crippen molar-refractivity contribution in [2.24, 2.45) is 0 Å². The minimum absolute atomic E-state index is 0.0785. The molecule has 0 aromatic heterocycles. The van der Waals surface area contributed by atoms with Gasteiger partial charge < -0.3 is 10.4 Å². The number of aromatic hydroxyl groups is 1. The number of phenols is 1. The Bertz CT molecular complexity index is 582. The predicted molar refractivity (Wildman–Crippen MR) is 74.0 cm³/mol. The van der Waals surface area contributed by atoms with Crippen LogP contribution in [0.2, 0.25) is 0 Å². The number of aryl methyl sites for hydroxylation is 1. The molecule has 0 radical (unpaired) electrons. The topological polar surface area (TPSA) is 66.4 Å². The number of nitrogens with one attached hydrogen (secondary N) is 1. The van der Waals surface area contributed by atoms with Crippen LogP contribution >= 0.6 is 0 Å². The van der Waals surface area contributed by atoms with Crippen molar-refractivity contribution in [3.63, 3.8) is 0 Å². The van der Waals surface area contributed by atoms with Crippen LogP contribution in [0.25, 0.3) is 0 Å². The van der Waals surface area contributed by atoms with Gasteiger partial charge in [0, 0.05) is 12.1 Å². The Labute approximate surface area is 113 Å². The largest absolute Gasteiger partial charge is 0.508 e. The molecule has 0 amide bonds. The van der Waals surface area contributed by atoms with E-state index in [-0.39, 0.29) is 17.8 Å². The van der Waals surface area contributed by atoms with Gasteiger partial charge >= 0.3 is 0 Å². The number of hydrogen-bond acceptors (Lipinski definition) is 4. The molecular weight excluding hydrogens is 262 g/mol. The van der Waals surface area contributed by atoms with Gasteiger partial charge in [0.25, 0.3) is 0 Å². The van der Waals surface area contributed by atoms with Crippen LogP contribution in [0.4, 0.5) is 0 Å². The number of phenolic OH excluding ortho intramolecular Hbond substituents is 1. The van der Waals surface area contributed by atoms with Gasteiger partial charge in [0.05, 0.1) is 11.5 Å². The fourth-order valence-electron chi connectivity index (χ4n) is 3.18. The number of hydrogen-bond donors (Lipinski definition) is 2. The van der Waals surface area contributed by atoms with E-state index >= 15 is 0 Å². The Morgan fingerprint density at radius 3 is 2.84 bits per heavy atom. The van der Waals surface area contributed by atoms with Crippen LogP contribution in [-0.2, 0) is 16.3 Å². The van der Waals surface area contributed by atoms with E-state index in [0.717, 1.165) is 19.3 Å². The van der Waals surface area contributed by atoms with E-state index in [1.807, 2.05) is 12.1 Å². The molecule has 3 rings (SSSR count). The molecule has 4 nitrogen and oxygen atoms in total. The van der Waals surface area contributed by atoms with Gasteiger partial charge in [0.15, 0.2) is 9.84 Å². The molecule has 1 aliphatic heterocycles. The third-order valence-electron chi connectivity index (χ3n) is 4.11. The van der Waals surface area contributed by atoms with Crippen molar-refractivity contribution >= 4 is 9.84 Å². The summed E-state index contributed by atoms with van der Waals surface area (Å²) in [5.41, 5.74) is 2.40. The van der Waals surface area contributed by atoms with Gasteiger partial charge in [0.2, 0.25) is 0 Å². The highest BCUT2D eigenvalue weighted by Gasteiger charge is 2.31. The van der Waals surface area contributed by atoms with Crippen molar-refractivity contribution in [2.45, 2.75) is 37.8 Å². The highest BCUT2D eigenvalue weighted by molar-refractivity contribution is 7.91. The van der Waals surface area contributed by atoms with E-state index < -0.39 is 9.84 Å². The summed E-state index contributed by atoms with van der Waals surface area (Å²) in [5, 5.41) is 13.0. The lowest BCUT2D eigenvalue weighted by atomic mass is 9.87. The average Bonchev–Trinajstić information content (AvgIpc) is 2.68. The lowest BCUT2D eigenvalue weighted by Gasteiger charge is -2.29. The number of sulfone groups is 1. The van der Waals surface area contributed by atoms with Gasteiger partial charge in [-0.15, -0.1) is 0 Å². The fraction of sp³-hybridized carbons (Fsp3) is 0.571. The summed E-state index contributed by atoms with van der Waals surface area (Å²) in [4.78, 5) is 0. The van der Waals surface area contributed by atoms with Crippen LogP contribution in [0, 0.1) is 0 Å². The highest BCUT2D eigenvalue weighted by Crippen LogP contribution is 2.32. The zero-order valence-electron chi connectivity index (χ0n) is 10.8. The lowest BCUT2D eigenvalue weighted by Crippen LogP contribution is -2.35. The zero-order chi connectivity index (χ0) is 13.5. The first-order chi connectivity index (χ1) is 9.03. The first-order valence-electron chi connectivity index (χ1n) is 6.82. The van der Waals surface area contributed by atoms with E-state index in [1.54, 1.807) is 6.07 Å². The minimum atomic E-state index is -2.83. The molecule has 1 aromatic carbocycles. The summed E-state index contributed by atoms with van der Waals surface area (Å²) in [6.45, 7) is 0. The summed E-state index contributed by atoms with van der Waals surface area (Å²) in [5.74, 6) is 0.874. The normalized spacial score (nSPS) is 29.1. The first-order valence-corrected chi connectivity index (χ1v) is 8.64. The monoisotopic (exact) mass is 281 g/mol. The predicted octanol–water partition coefficient (Wildman–Crippen LogP) is 1.55. The molecule has 2 atom stereocenters. The quantitative estimate of drug-likeness (QED) is 0.863. The van der Waals surface area contributed by atoms with Gasteiger partial charge in [-0.05, 0) is 48.9 Å². The van der Waals surface area contributed by atoms with Crippen LogP contribution in [-0.4, -0.2) is 31.1 Å². The molecule has 2 aliphatic rings. The van der Waals surface area contributed by atoms with Crippen LogP contribution in [0.15, 0.2) is 18.2 Å². The molecule has 0 spiro atoms. The molecule has 1 saturated heterocycles. The maximum Gasteiger partial charge on any atom is 0.151 e. The first kappa shape index (κ1) is 12.9. The second-order valence-corrected chi connectivity index (χ2v) is 7.82. The van der Waals surface area contributed by atoms with E-state index in [0.29, 0.717) is 17.9 Å². The van der Waals surface area contributed by atoms with Crippen LogP contribution in [0.5, 0.6) is 5.75 Å². The third kappa shape index (κ3) is 2.77. The summed E-state index contributed by atoms with van der Waals surface area (Å²) >= 11 is 0. The molecule has 1 aliphatic carbocycles. The van der Waals surface area contributed by atoms with Gasteiger partial charge in [-0.2, -0.15) is 0 Å². The summed E-state index contributed by atoms with van der Waals surface area (Å²) in [6, 6.07) is 5.81. The van der Waals surface area contributed by atoms with Gasteiger partial charge in [-0.1, -0.05) is 6.07 Å². The second-order valence-electron chi connectivity index (χ2n) is 5.59. The van der Waals surface area contributed by atoms with E-state index in [9.17, 15) is 13.5 Å². The Hall–Kier alpha value is -1.07. The molecule has 5 heteroatoms. The lowest BCUT2D eigenvalue weighted by molar-refractivity contribution is 0.409. The van der Waals surface area contributed by atoms with Gasteiger partial charge in [0.1, 0.15) is 5.75 Å². The van der Waals surface area contributed by atoms with Gasteiger partial charge in [-0.3, -0.25) is 0 Å². The number of rotatable bonds is 2. The molecule has 104 valence electrons. The average molecular weight is 281 g/mol. The Morgan fingerprint density at radius 1 is 1.26 bits per heavy atom. The van der Waals surface area contributed by atoms with Crippen molar-refractivity contribution in [3.8, 4) is 5.75 Å².